The third-order valence-electron chi connectivity index (χ3n) is 4.33. The van der Waals surface area contributed by atoms with E-state index in [9.17, 15) is 4.79 Å². The number of hydrogen-bond donors (Lipinski definition) is 1. The average Bonchev–Trinajstić information content (AvgIpc) is 2.49. The van der Waals surface area contributed by atoms with Crippen LogP contribution in [0.4, 0.5) is 0 Å². The van der Waals surface area contributed by atoms with Crippen LogP contribution in [0.5, 0.6) is 0 Å². The molecule has 104 valence electrons. The molecule has 0 amide bonds. The summed E-state index contributed by atoms with van der Waals surface area (Å²) in [4.78, 5) is 16.5. The van der Waals surface area contributed by atoms with Gasteiger partial charge in [-0.3, -0.25) is 9.78 Å². The van der Waals surface area contributed by atoms with Gasteiger partial charge < -0.3 is 5.73 Å². The molecule has 20 heavy (non-hydrogen) atoms. The van der Waals surface area contributed by atoms with Gasteiger partial charge in [-0.25, -0.2) is 0 Å². The summed E-state index contributed by atoms with van der Waals surface area (Å²) in [5.74, 6) is 0.764. The van der Waals surface area contributed by atoms with Crippen molar-refractivity contribution in [3.63, 3.8) is 0 Å². The van der Waals surface area contributed by atoms with Gasteiger partial charge in [0.15, 0.2) is 5.78 Å². The fraction of sp³-hybridized carbons (Fsp3) is 0.412. The van der Waals surface area contributed by atoms with Gasteiger partial charge in [0.05, 0.1) is 0 Å². The van der Waals surface area contributed by atoms with E-state index in [4.69, 9.17) is 5.73 Å². The summed E-state index contributed by atoms with van der Waals surface area (Å²) in [6.45, 7) is 0. The summed E-state index contributed by atoms with van der Waals surface area (Å²) < 4.78 is 0. The molecular formula is C17H20N2O. The Balaban J connectivity index is 1.72. The maximum atomic E-state index is 12.4. The summed E-state index contributed by atoms with van der Waals surface area (Å²) >= 11 is 0. The number of carbonyl (C=O) groups is 1. The fourth-order valence-corrected chi connectivity index (χ4v) is 3.03. The van der Waals surface area contributed by atoms with Gasteiger partial charge in [-0.2, -0.15) is 0 Å². The number of pyridine rings is 1. The van der Waals surface area contributed by atoms with Gasteiger partial charge >= 0.3 is 0 Å². The van der Waals surface area contributed by atoms with Crippen LogP contribution in [0.3, 0.4) is 0 Å². The van der Waals surface area contributed by atoms with E-state index >= 15 is 0 Å². The van der Waals surface area contributed by atoms with E-state index < -0.39 is 0 Å². The van der Waals surface area contributed by atoms with Crippen LogP contribution in [-0.4, -0.2) is 16.8 Å². The second-order valence-electron chi connectivity index (χ2n) is 5.85. The Morgan fingerprint density at radius 1 is 1.15 bits per heavy atom. The lowest BCUT2D eigenvalue weighted by atomic mass is 9.82. The summed E-state index contributed by atoms with van der Waals surface area (Å²) in [5, 5.41) is 2.16. The Labute approximate surface area is 119 Å². The molecule has 0 atom stereocenters. The molecule has 1 heterocycles. The first-order valence-corrected chi connectivity index (χ1v) is 7.35. The van der Waals surface area contributed by atoms with Gasteiger partial charge in [0.25, 0.3) is 0 Å². The van der Waals surface area contributed by atoms with Crippen molar-refractivity contribution in [1.82, 2.24) is 4.98 Å². The number of aromatic nitrogens is 1. The molecule has 1 aromatic carbocycles. The van der Waals surface area contributed by atoms with Crippen LogP contribution in [0.1, 0.15) is 42.5 Å². The molecule has 0 aliphatic heterocycles. The lowest BCUT2D eigenvalue weighted by Gasteiger charge is -2.25. The monoisotopic (exact) mass is 268 g/mol. The molecule has 1 saturated carbocycles. The number of Topliss-reactive ketones (excluding diaryl/α,β-unsaturated/α-hetero) is 1. The van der Waals surface area contributed by atoms with Gasteiger partial charge in [-0.15, -0.1) is 0 Å². The molecule has 1 aromatic heterocycles. The largest absolute Gasteiger partial charge is 0.328 e. The topological polar surface area (TPSA) is 56.0 Å². The van der Waals surface area contributed by atoms with Crippen molar-refractivity contribution < 1.29 is 4.79 Å². The molecule has 2 aromatic rings. The Morgan fingerprint density at radius 2 is 1.95 bits per heavy atom. The molecule has 0 unspecified atom stereocenters. The quantitative estimate of drug-likeness (QED) is 0.869. The molecule has 1 fully saturated rings. The number of nitrogens with two attached hydrogens (primary N) is 1. The van der Waals surface area contributed by atoms with Gasteiger partial charge in [0.1, 0.15) is 0 Å². The van der Waals surface area contributed by atoms with Gasteiger partial charge in [-0.1, -0.05) is 12.1 Å². The van der Waals surface area contributed by atoms with Crippen LogP contribution in [0.15, 0.2) is 36.7 Å². The predicted molar refractivity (Wildman–Crippen MR) is 80.6 cm³/mol. The van der Waals surface area contributed by atoms with Crippen LogP contribution in [0.2, 0.25) is 0 Å². The Morgan fingerprint density at radius 3 is 2.75 bits per heavy atom. The van der Waals surface area contributed by atoms with Crippen LogP contribution < -0.4 is 5.73 Å². The summed E-state index contributed by atoms with van der Waals surface area (Å²) in [6, 6.07) is 8.17. The molecule has 1 aliphatic carbocycles. The van der Waals surface area contributed by atoms with E-state index in [1.54, 1.807) is 6.20 Å². The second-order valence-corrected chi connectivity index (χ2v) is 5.85. The molecule has 3 nitrogen and oxygen atoms in total. The zero-order valence-corrected chi connectivity index (χ0v) is 11.6. The molecule has 0 bridgehead atoms. The van der Waals surface area contributed by atoms with E-state index in [1.165, 1.54) is 0 Å². The first kappa shape index (κ1) is 13.3. The summed E-state index contributed by atoms with van der Waals surface area (Å²) in [5.41, 5.74) is 6.73. The van der Waals surface area contributed by atoms with E-state index in [2.05, 4.69) is 4.98 Å². The van der Waals surface area contributed by atoms with Gasteiger partial charge in [0, 0.05) is 35.8 Å². The fourth-order valence-electron chi connectivity index (χ4n) is 3.03. The summed E-state index contributed by atoms with van der Waals surface area (Å²) in [7, 11) is 0. The van der Waals surface area contributed by atoms with E-state index in [1.807, 2.05) is 30.5 Å². The SMILES string of the molecule is NC1CCC(CC(=O)c2ccc3cnccc3c2)CC1. The minimum absolute atomic E-state index is 0.254. The number of benzene rings is 1. The second kappa shape index (κ2) is 5.71. The highest BCUT2D eigenvalue weighted by Crippen LogP contribution is 2.27. The van der Waals surface area contributed by atoms with Crippen molar-refractivity contribution in [2.24, 2.45) is 11.7 Å². The molecule has 3 rings (SSSR count). The van der Waals surface area contributed by atoms with Crippen LogP contribution in [0.25, 0.3) is 10.8 Å². The minimum atomic E-state index is 0.254. The Bertz CT molecular complexity index is 615. The van der Waals surface area contributed by atoms with Crippen molar-refractivity contribution >= 4 is 16.6 Å². The smallest absolute Gasteiger partial charge is 0.163 e. The van der Waals surface area contributed by atoms with Crippen molar-refractivity contribution in [3.8, 4) is 0 Å². The predicted octanol–water partition coefficient (Wildman–Crippen LogP) is 3.33. The lowest BCUT2D eigenvalue weighted by molar-refractivity contribution is 0.0948. The highest BCUT2D eigenvalue weighted by atomic mass is 16.1. The van der Waals surface area contributed by atoms with Gasteiger partial charge in [0.2, 0.25) is 0 Å². The Kier molecular flexibility index (Phi) is 3.79. The molecule has 1 aliphatic rings. The Hall–Kier alpha value is -1.74. The maximum absolute atomic E-state index is 12.4. The maximum Gasteiger partial charge on any atom is 0.163 e. The minimum Gasteiger partial charge on any atom is -0.328 e. The first-order valence-electron chi connectivity index (χ1n) is 7.35. The summed E-state index contributed by atoms with van der Waals surface area (Å²) in [6.07, 6.45) is 8.53. The van der Waals surface area contributed by atoms with E-state index in [0.29, 0.717) is 18.4 Å². The standard InChI is InChI=1S/C17H20N2O/c18-16-5-1-12(2-6-16)9-17(20)14-3-4-15-11-19-8-7-13(15)10-14/h3-4,7-8,10-12,16H,1-2,5-6,9,18H2. The number of hydrogen-bond acceptors (Lipinski definition) is 3. The number of rotatable bonds is 3. The third kappa shape index (κ3) is 2.88. The van der Waals surface area contributed by atoms with Crippen LogP contribution in [-0.2, 0) is 0 Å². The van der Waals surface area contributed by atoms with Crippen LogP contribution >= 0.6 is 0 Å². The van der Waals surface area contributed by atoms with Crippen molar-refractivity contribution in [2.75, 3.05) is 0 Å². The zero-order chi connectivity index (χ0) is 13.9. The van der Waals surface area contributed by atoms with Crippen LogP contribution in [0, 0.1) is 5.92 Å². The van der Waals surface area contributed by atoms with Gasteiger partial charge in [-0.05, 0) is 49.1 Å². The highest BCUT2D eigenvalue weighted by Gasteiger charge is 2.21. The first-order chi connectivity index (χ1) is 9.72. The molecule has 0 spiro atoms. The zero-order valence-electron chi connectivity index (χ0n) is 11.6. The lowest BCUT2D eigenvalue weighted by Crippen LogP contribution is -2.27. The normalized spacial score (nSPS) is 22.9. The molecule has 0 radical (unpaired) electrons. The van der Waals surface area contributed by atoms with Crippen molar-refractivity contribution in [1.29, 1.82) is 0 Å². The van der Waals surface area contributed by atoms with E-state index in [0.717, 1.165) is 42.0 Å². The molecular weight excluding hydrogens is 248 g/mol. The molecule has 0 saturated heterocycles. The molecule has 2 N–H and O–H groups in total. The number of ketones is 1. The number of fused-ring (bicyclic) bond motifs is 1. The third-order valence-corrected chi connectivity index (χ3v) is 4.33. The number of carbonyl (C=O) groups excluding carboxylic acids is 1. The molecule has 3 heteroatoms. The number of nitrogens with zero attached hydrogens (tertiary/aromatic N) is 1. The van der Waals surface area contributed by atoms with Crippen molar-refractivity contribution in [2.45, 2.75) is 38.1 Å². The highest BCUT2D eigenvalue weighted by molar-refractivity contribution is 5.99. The average molecular weight is 268 g/mol. The van der Waals surface area contributed by atoms with E-state index in [-0.39, 0.29) is 5.78 Å². The van der Waals surface area contributed by atoms with Crippen molar-refractivity contribution in [3.05, 3.63) is 42.2 Å².